The first-order chi connectivity index (χ1) is 12.3. The maximum Gasteiger partial charge on any atom is 0.227 e. The largest absolute Gasteiger partial charge is 0.287 e. The van der Waals surface area contributed by atoms with E-state index >= 15 is 0 Å². The molecule has 25 heavy (non-hydrogen) atoms. The second kappa shape index (κ2) is 6.70. The van der Waals surface area contributed by atoms with E-state index in [1.807, 2.05) is 47.3 Å². The Bertz CT molecular complexity index is 1020. The van der Waals surface area contributed by atoms with E-state index < -0.39 is 0 Å². The fraction of sp³-hybridized carbons (Fsp3) is 0.0435. The number of fused-ring (bicyclic) bond motifs is 1. The lowest BCUT2D eigenvalue weighted by atomic mass is 10.0. The van der Waals surface area contributed by atoms with Crippen LogP contribution in [0.1, 0.15) is 10.4 Å². The molecule has 0 aliphatic heterocycles. The SMILES string of the molecule is O=C(C[n+]1ccc(-c2ccc3ccccc3c2)cc1)c1ccccc1. The van der Waals surface area contributed by atoms with E-state index in [0.29, 0.717) is 6.54 Å². The molecule has 3 aromatic carbocycles. The molecular weight excluding hydrogens is 306 g/mol. The fourth-order valence-corrected chi connectivity index (χ4v) is 3.01. The van der Waals surface area contributed by atoms with Crippen LogP contribution in [0.15, 0.2) is 97.3 Å². The van der Waals surface area contributed by atoms with Crippen molar-refractivity contribution in [2.24, 2.45) is 0 Å². The van der Waals surface area contributed by atoms with Gasteiger partial charge in [-0.25, -0.2) is 0 Å². The number of aromatic nitrogens is 1. The van der Waals surface area contributed by atoms with Crippen molar-refractivity contribution in [2.45, 2.75) is 6.54 Å². The van der Waals surface area contributed by atoms with E-state index in [1.54, 1.807) is 0 Å². The van der Waals surface area contributed by atoms with Crippen LogP contribution in [0.4, 0.5) is 0 Å². The van der Waals surface area contributed by atoms with E-state index in [0.717, 1.165) is 11.1 Å². The van der Waals surface area contributed by atoms with Crippen molar-refractivity contribution in [2.75, 3.05) is 0 Å². The van der Waals surface area contributed by atoms with E-state index in [1.165, 1.54) is 16.3 Å². The Labute approximate surface area is 147 Å². The maximum absolute atomic E-state index is 12.3. The van der Waals surface area contributed by atoms with Gasteiger partial charge in [-0.1, -0.05) is 66.7 Å². The molecule has 0 amide bonds. The number of carbonyl (C=O) groups excluding carboxylic acids is 1. The standard InChI is InChI=1S/C23H18NO/c25-23(20-7-2-1-3-8-20)17-24-14-12-19(13-15-24)22-11-10-18-6-4-5-9-21(18)16-22/h1-16H,17H2/q+1. The smallest absolute Gasteiger partial charge is 0.227 e. The zero-order chi connectivity index (χ0) is 17.1. The highest BCUT2D eigenvalue weighted by atomic mass is 16.1. The quantitative estimate of drug-likeness (QED) is 0.394. The second-order valence-electron chi connectivity index (χ2n) is 6.11. The molecule has 2 heteroatoms. The lowest BCUT2D eigenvalue weighted by molar-refractivity contribution is -0.683. The van der Waals surface area contributed by atoms with Crippen LogP contribution in [0.3, 0.4) is 0 Å². The Kier molecular flexibility index (Phi) is 4.09. The molecule has 1 heterocycles. The lowest BCUT2D eigenvalue weighted by Crippen LogP contribution is -2.37. The molecule has 0 N–H and O–H groups in total. The van der Waals surface area contributed by atoms with E-state index in [-0.39, 0.29) is 5.78 Å². The van der Waals surface area contributed by atoms with Gasteiger partial charge in [0.25, 0.3) is 0 Å². The minimum Gasteiger partial charge on any atom is -0.287 e. The van der Waals surface area contributed by atoms with E-state index in [2.05, 4.69) is 54.6 Å². The molecule has 120 valence electrons. The molecule has 0 spiro atoms. The van der Waals surface area contributed by atoms with Gasteiger partial charge in [0, 0.05) is 17.7 Å². The Balaban J connectivity index is 1.56. The number of pyridine rings is 1. The van der Waals surface area contributed by atoms with Crippen molar-refractivity contribution >= 4 is 16.6 Å². The summed E-state index contributed by atoms with van der Waals surface area (Å²) in [6.45, 7) is 0.349. The van der Waals surface area contributed by atoms with Crippen LogP contribution >= 0.6 is 0 Å². The Morgan fingerprint density at radius 3 is 2.12 bits per heavy atom. The molecule has 0 atom stereocenters. The summed E-state index contributed by atoms with van der Waals surface area (Å²) in [6.07, 6.45) is 3.93. The predicted octanol–water partition coefficient (Wildman–Crippen LogP) is 4.68. The van der Waals surface area contributed by atoms with Gasteiger partial charge in [0.15, 0.2) is 12.4 Å². The van der Waals surface area contributed by atoms with Gasteiger partial charge in [0.1, 0.15) is 0 Å². The molecule has 0 bridgehead atoms. The average molecular weight is 324 g/mol. The van der Waals surface area contributed by atoms with Crippen LogP contribution in [0.5, 0.6) is 0 Å². The Morgan fingerprint density at radius 1 is 0.680 bits per heavy atom. The molecule has 4 aromatic rings. The average Bonchev–Trinajstić information content (AvgIpc) is 2.69. The third kappa shape index (κ3) is 3.33. The number of hydrogen-bond acceptors (Lipinski definition) is 1. The van der Waals surface area contributed by atoms with Gasteiger partial charge < -0.3 is 0 Å². The zero-order valence-electron chi connectivity index (χ0n) is 13.8. The van der Waals surface area contributed by atoms with Gasteiger partial charge in [-0.2, -0.15) is 4.57 Å². The van der Waals surface area contributed by atoms with Crippen molar-refractivity contribution in [3.63, 3.8) is 0 Å². The minimum atomic E-state index is 0.115. The van der Waals surface area contributed by atoms with Crippen LogP contribution < -0.4 is 4.57 Å². The van der Waals surface area contributed by atoms with Crippen LogP contribution in [0.25, 0.3) is 21.9 Å². The van der Waals surface area contributed by atoms with Gasteiger partial charge >= 0.3 is 0 Å². The number of Topliss-reactive ketones (excluding diaryl/α,β-unsaturated/α-hetero) is 1. The Hall–Kier alpha value is -3.26. The highest BCUT2D eigenvalue weighted by Crippen LogP contribution is 2.23. The number of benzene rings is 3. The Morgan fingerprint density at radius 2 is 1.36 bits per heavy atom. The van der Waals surface area contributed by atoms with Crippen molar-refractivity contribution < 1.29 is 9.36 Å². The van der Waals surface area contributed by atoms with Crippen molar-refractivity contribution in [3.8, 4) is 11.1 Å². The first-order valence-corrected chi connectivity index (χ1v) is 8.36. The first kappa shape index (κ1) is 15.3. The normalized spacial score (nSPS) is 10.7. The summed E-state index contributed by atoms with van der Waals surface area (Å²) in [5.74, 6) is 0.115. The van der Waals surface area contributed by atoms with Crippen molar-refractivity contribution in [1.29, 1.82) is 0 Å². The highest BCUT2D eigenvalue weighted by Gasteiger charge is 2.11. The third-order valence-electron chi connectivity index (χ3n) is 4.40. The predicted molar refractivity (Wildman–Crippen MR) is 100 cm³/mol. The van der Waals surface area contributed by atoms with Crippen molar-refractivity contribution in [3.05, 3.63) is 103 Å². The second-order valence-corrected chi connectivity index (χ2v) is 6.11. The molecule has 0 unspecified atom stereocenters. The number of carbonyl (C=O) groups is 1. The molecule has 1 aromatic heterocycles. The number of hydrogen-bond donors (Lipinski definition) is 0. The molecule has 0 saturated carbocycles. The minimum absolute atomic E-state index is 0.115. The van der Waals surface area contributed by atoms with Gasteiger partial charge in [0.2, 0.25) is 12.3 Å². The number of ketones is 1. The zero-order valence-corrected chi connectivity index (χ0v) is 13.8. The number of nitrogens with zero attached hydrogens (tertiary/aromatic N) is 1. The summed E-state index contributed by atoms with van der Waals surface area (Å²) >= 11 is 0. The van der Waals surface area contributed by atoms with Crippen LogP contribution in [0.2, 0.25) is 0 Å². The highest BCUT2D eigenvalue weighted by molar-refractivity contribution is 5.95. The van der Waals surface area contributed by atoms with Gasteiger partial charge in [0.05, 0.1) is 0 Å². The summed E-state index contributed by atoms with van der Waals surface area (Å²) in [5.41, 5.74) is 3.07. The lowest BCUT2D eigenvalue weighted by Gasteiger charge is -2.04. The van der Waals surface area contributed by atoms with Crippen LogP contribution in [-0.2, 0) is 6.54 Å². The third-order valence-corrected chi connectivity index (χ3v) is 4.40. The van der Waals surface area contributed by atoms with Crippen molar-refractivity contribution in [1.82, 2.24) is 0 Å². The van der Waals surface area contributed by atoms with Gasteiger partial charge in [-0.05, 0) is 28.0 Å². The molecule has 0 aliphatic rings. The summed E-state index contributed by atoms with van der Waals surface area (Å²) in [5, 5.41) is 2.47. The summed E-state index contributed by atoms with van der Waals surface area (Å²) in [7, 11) is 0. The summed E-state index contributed by atoms with van der Waals surface area (Å²) in [6, 6.07) is 28.4. The summed E-state index contributed by atoms with van der Waals surface area (Å²) in [4.78, 5) is 12.3. The number of rotatable bonds is 4. The van der Waals surface area contributed by atoms with E-state index in [4.69, 9.17) is 0 Å². The molecule has 0 radical (unpaired) electrons. The molecule has 0 fully saturated rings. The van der Waals surface area contributed by atoms with Gasteiger partial charge in [-0.15, -0.1) is 0 Å². The molecule has 2 nitrogen and oxygen atoms in total. The fourth-order valence-electron chi connectivity index (χ4n) is 3.01. The first-order valence-electron chi connectivity index (χ1n) is 8.36. The topological polar surface area (TPSA) is 20.9 Å². The van der Waals surface area contributed by atoms with Gasteiger partial charge in [-0.3, -0.25) is 4.79 Å². The molecule has 4 rings (SSSR count). The molecule has 0 aliphatic carbocycles. The van der Waals surface area contributed by atoms with Crippen LogP contribution in [-0.4, -0.2) is 5.78 Å². The molecular formula is C23H18NO+. The molecule has 0 saturated heterocycles. The monoisotopic (exact) mass is 324 g/mol. The van der Waals surface area contributed by atoms with Crippen LogP contribution in [0, 0.1) is 0 Å². The van der Waals surface area contributed by atoms with E-state index in [9.17, 15) is 4.79 Å². The maximum atomic E-state index is 12.3. The summed E-state index contributed by atoms with van der Waals surface area (Å²) < 4.78 is 1.92.